The number of hydrogen-bond donors (Lipinski definition) is 0. The van der Waals surface area contributed by atoms with Gasteiger partial charge in [0, 0.05) is 12.5 Å². The Morgan fingerprint density at radius 1 is 1.15 bits per heavy atom. The van der Waals surface area contributed by atoms with E-state index in [1.807, 2.05) is 31.2 Å². The summed E-state index contributed by atoms with van der Waals surface area (Å²) in [5, 5.41) is -0.204. The number of halogens is 4. The Kier molecular flexibility index (Phi) is 6.20. The van der Waals surface area contributed by atoms with Crippen molar-refractivity contribution in [1.29, 1.82) is 0 Å². The van der Waals surface area contributed by atoms with E-state index in [2.05, 4.69) is 66.6 Å². The molecule has 0 fully saturated rings. The molecule has 0 aliphatic carbocycles. The molecule has 0 aromatic heterocycles. The standard InChI is InChI=1S/C15H12Br2ClIO/c1-2-20-10-4-5-11(13(17)8-10)15(18)12-7-9(16)3-6-14(12)19/h3-8,15H,2H2,1H3. The first-order chi connectivity index (χ1) is 9.52. The quantitative estimate of drug-likeness (QED) is 0.322. The van der Waals surface area contributed by atoms with Gasteiger partial charge in [0.2, 0.25) is 0 Å². The van der Waals surface area contributed by atoms with Gasteiger partial charge >= 0.3 is 0 Å². The minimum absolute atomic E-state index is 0.204. The molecule has 20 heavy (non-hydrogen) atoms. The van der Waals surface area contributed by atoms with Gasteiger partial charge in [-0.2, -0.15) is 0 Å². The van der Waals surface area contributed by atoms with Crippen molar-refractivity contribution in [2.45, 2.75) is 12.3 Å². The first kappa shape index (κ1) is 16.6. The predicted molar refractivity (Wildman–Crippen MR) is 99.9 cm³/mol. The molecule has 0 heterocycles. The van der Waals surface area contributed by atoms with Crippen LogP contribution in [0.5, 0.6) is 5.75 Å². The highest BCUT2D eigenvalue weighted by atomic mass is 127. The molecule has 1 unspecified atom stereocenters. The summed E-state index contributed by atoms with van der Waals surface area (Å²) in [7, 11) is 0. The summed E-state index contributed by atoms with van der Waals surface area (Å²) in [6, 6.07) is 12.0. The van der Waals surface area contributed by atoms with Gasteiger partial charge in [0.05, 0.1) is 12.0 Å². The topological polar surface area (TPSA) is 9.23 Å². The van der Waals surface area contributed by atoms with Crippen LogP contribution in [0.3, 0.4) is 0 Å². The van der Waals surface area contributed by atoms with Crippen LogP contribution in [0.1, 0.15) is 23.4 Å². The average Bonchev–Trinajstić information content (AvgIpc) is 2.41. The van der Waals surface area contributed by atoms with Gasteiger partial charge in [0.15, 0.2) is 0 Å². The van der Waals surface area contributed by atoms with Crippen LogP contribution in [0.25, 0.3) is 0 Å². The van der Waals surface area contributed by atoms with Crippen molar-refractivity contribution in [2.24, 2.45) is 0 Å². The molecule has 0 saturated carbocycles. The lowest BCUT2D eigenvalue weighted by Gasteiger charge is -2.15. The van der Waals surface area contributed by atoms with Crippen LogP contribution >= 0.6 is 66.1 Å². The molecule has 0 aliphatic rings. The van der Waals surface area contributed by atoms with E-state index >= 15 is 0 Å². The van der Waals surface area contributed by atoms with Crippen LogP contribution in [0.4, 0.5) is 0 Å². The van der Waals surface area contributed by atoms with Gasteiger partial charge in [-0.25, -0.2) is 0 Å². The normalized spacial score (nSPS) is 12.2. The molecular weight excluding hydrogens is 518 g/mol. The molecule has 0 bridgehead atoms. The summed E-state index contributed by atoms with van der Waals surface area (Å²) in [6.45, 7) is 2.62. The summed E-state index contributed by atoms with van der Waals surface area (Å²) in [5.41, 5.74) is 2.12. The van der Waals surface area contributed by atoms with E-state index in [1.54, 1.807) is 0 Å². The Labute approximate surface area is 154 Å². The van der Waals surface area contributed by atoms with Crippen LogP contribution in [-0.4, -0.2) is 6.61 Å². The SMILES string of the molecule is CCOc1ccc(C(Cl)c2cc(Br)ccc2I)c(Br)c1. The molecule has 0 saturated heterocycles. The van der Waals surface area contributed by atoms with Gasteiger partial charge in [-0.15, -0.1) is 11.6 Å². The van der Waals surface area contributed by atoms with E-state index in [1.165, 1.54) is 0 Å². The molecule has 2 aromatic carbocycles. The highest BCUT2D eigenvalue weighted by molar-refractivity contribution is 14.1. The summed E-state index contributed by atoms with van der Waals surface area (Å²) < 4.78 is 8.62. The molecule has 0 aliphatic heterocycles. The average molecular weight is 530 g/mol. The van der Waals surface area contributed by atoms with E-state index in [-0.39, 0.29) is 5.38 Å². The summed E-state index contributed by atoms with van der Waals surface area (Å²) in [4.78, 5) is 0. The Morgan fingerprint density at radius 3 is 2.55 bits per heavy atom. The number of benzene rings is 2. The van der Waals surface area contributed by atoms with Gasteiger partial charge in [-0.3, -0.25) is 0 Å². The highest BCUT2D eigenvalue weighted by Crippen LogP contribution is 2.38. The maximum Gasteiger partial charge on any atom is 0.120 e. The zero-order valence-electron chi connectivity index (χ0n) is 10.7. The van der Waals surface area contributed by atoms with E-state index in [9.17, 15) is 0 Å². The highest BCUT2D eigenvalue weighted by Gasteiger charge is 2.17. The molecule has 0 N–H and O–H groups in total. The number of rotatable bonds is 4. The smallest absolute Gasteiger partial charge is 0.120 e. The minimum Gasteiger partial charge on any atom is -0.494 e. The van der Waals surface area contributed by atoms with Crippen LogP contribution in [-0.2, 0) is 0 Å². The van der Waals surface area contributed by atoms with Crippen molar-refractivity contribution in [3.05, 3.63) is 60.0 Å². The van der Waals surface area contributed by atoms with Crippen LogP contribution in [0, 0.1) is 3.57 Å². The Bertz CT molecular complexity index is 619. The van der Waals surface area contributed by atoms with Gasteiger partial charge in [-0.1, -0.05) is 37.9 Å². The first-order valence-electron chi connectivity index (χ1n) is 6.04. The lowest BCUT2D eigenvalue weighted by atomic mass is 10.0. The van der Waals surface area contributed by atoms with Gasteiger partial charge in [0.1, 0.15) is 5.75 Å². The molecule has 2 rings (SSSR count). The summed E-state index contributed by atoms with van der Waals surface area (Å²) >= 11 is 16.0. The lowest BCUT2D eigenvalue weighted by molar-refractivity contribution is 0.340. The molecular formula is C15H12Br2ClIO. The van der Waals surface area contributed by atoms with Gasteiger partial charge in [0.25, 0.3) is 0 Å². The molecule has 1 nitrogen and oxygen atoms in total. The molecule has 106 valence electrons. The summed E-state index contributed by atoms with van der Waals surface area (Å²) in [5.74, 6) is 0.843. The lowest BCUT2D eigenvalue weighted by Crippen LogP contribution is -1.99. The van der Waals surface area contributed by atoms with E-state index in [0.717, 1.165) is 29.4 Å². The predicted octanol–water partition coefficient (Wildman–Crippen LogP) is 6.54. The largest absolute Gasteiger partial charge is 0.494 e. The van der Waals surface area contributed by atoms with Gasteiger partial charge in [-0.05, 0) is 71.0 Å². The van der Waals surface area contributed by atoms with Crippen molar-refractivity contribution in [3.63, 3.8) is 0 Å². The first-order valence-corrected chi connectivity index (χ1v) is 9.14. The van der Waals surface area contributed by atoms with Crippen molar-refractivity contribution in [2.75, 3.05) is 6.61 Å². The van der Waals surface area contributed by atoms with Crippen LogP contribution in [0.15, 0.2) is 45.3 Å². The molecule has 5 heteroatoms. The molecule has 0 spiro atoms. The van der Waals surface area contributed by atoms with Crippen molar-refractivity contribution in [3.8, 4) is 5.75 Å². The second-order valence-corrected chi connectivity index (χ2v) is 7.51. The third kappa shape index (κ3) is 3.90. The zero-order valence-corrected chi connectivity index (χ0v) is 16.8. The zero-order chi connectivity index (χ0) is 14.7. The fraction of sp³-hybridized carbons (Fsp3) is 0.200. The van der Waals surface area contributed by atoms with E-state index in [4.69, 9.17) is 16.3 Å². The Balaban J connectivity index is 2.38. The third-order valence-electron chi connectivity index (χ3n) is 2.79. The second-order valence-electron chi connectivity index (χ2n) is 4.14. The van der Waals surface area contributed by atoms with Crippen LogP contribution < -0.4 is 4.74 Å². The molecule has 2 aromatic rings. The summed E-state index contributed by atoms with van der Waals surface area (Å²) in [6.07, 6.45) is 0. The van der Waals surface area contributed by atoms with Crippen molar-refractivity contribution in [1.82, 2.24) is 0 Å². The van der Waals surface area contributed by atoms with E-state index < -0.39 is 0 Å². The van der Waals surface area contributed by atoms with Crippen LogP contribution in [0.2, 0.25) is 0 Å². The monoisotopic (exact) mass is 528 g/mol. The minimum atomic E-state index is -0.204. The van der Waals surface area contributed by atoms with Crippen molar-refractivity contribution >= 4 is 66.1 Å². The molecule has 1 atom stereocenters. The number of hydrogen-bond acceptors (Lipinski definition) is 1. The second kappa shape index (κ2) is 7.47. The maximum atomic E-state index is 6.65. The number of alkyl halides is 1. The molecule has 0 radical (unpaired) electrons. The fourth-order valence-electron chi connectivity index (χ4n) is 1.85. The fourth-order valence-corrected chi connectivity index (χ4v) is 4.15. The maximum absolute atomic E-state index is 6.65. The number of ether oxygens (including phenoxy) is 1. The Hall–Kier alpha value is 0.220. The van der Waals surface area contributed by atoms with Gasteiger partial charge < -0.3 is 4.74 Å². The van der Waals surface area contributed by atoms with E-state index in [0.29, 0.717) is 6.61 Å². The Morgan fingerprint density at radius 2 is 1.90 bits per heavy atom. The third-order valence-corrected chi connectivity index (χ3v) is 5.42. The molecule has 0 amide bonds. The van der Waals surface area contributed by atoms with Crippen molar-refractivity contribution < 1.29 is 4.74 Å².